The molecule has 6 nitrogen and oxygen atoms in total. The van der Waals surface area contributed by atoms with Crippen molar-refractivity contribution < 1.29 is 4.92 Å². The Balaban J connectivity index is 2.11. The number of pyridine rings is 1. The molecular weight excluding hydrogens is 264 g/mol. The maximum Gasteiger partial charge on any atom is 0.293 e. The summed E-state index contributed by atoms with van der Waals surface area (Å²) < 4.78 is 0. The third kappa shape index (κ3) is 3.43. The van der Waals surface area contributed by atoms with Crippen LogP contribution in [0, 0.1) is 10.1 Å². The SMILES string of the molecule is NNc1cc(CSc2ccncc2)ccc1[N+](=O)[O-]. The van der Waals surface area contributed by atoms with Crippen LogP contribution >= 0.6 is 11.8 Å². The van der Waals surface area contributed by atoms with E-state index in [0.717, 1.165) is 10.5 Å². The van der Waals surface area contributed by atoms with Crippen LogP contribution in [-0.2, 0) is 5.75 Å². The number of nitro benzene ring substituents is 1. The summed E-state index contributed by atoms with van der Waals surface area (Å²) in [5, 5.41) is 10.8. The first-order valence-corrected chi connectivity index (χ1v) is 6.46. The second kappa shape index (κ2) is 6.17. The Kier molecular flexibility index (Phi) is 4.32. The van der Waals surface area contributed by atoms with E-state index in [9.17, 15) is 10.1 Å². The lowest BCUT2D eigenvalue weighted by molar-refractivity contribution is -0.384. The van der Waals surface area contributed by atoms with E-state index in [0.29, 0.717) is 11.4 Å². The molecule has 0 unspecified atom stereocenters. The second-order valence-electron chi connectivity index (χ2n) is 3.72. The van der Waals surface area contributed by atoms with Gasteiger partial charge in [-0.3, -0.25) is 20.9 Å². The highest BCUT2D eigenvalue weighted by atomic mass is 32.2. The van der Waals surface area contributed by atoms with Gasteiger partial charge in [0, 0.05) is 29.1 Å². The fourth-order valence-electron chi connectivity index (χ4n) is 1.55. The number of nitrogen functional groups attached to an aromatic ring is 1. The lowest BCUT2D eigenvalue weighted by atomic mass is 10.2. The van der Waals surface area contributed by atoms with Gasteiger partial charge in [0.25, 0.3) is 5.69 Å². The summed E-state index contributed by atoms with van der Waals surface area (Å²) >= 11 is 1.63. The normalized spacial score (nSPS) is 10.2. The van der Waals surface area contributed by atoms with E-state index in [1.165, 1.54) is 6.07 Å². The van der Waals surface area contributed by atoms with E-state index in [-0.39, 0.29) is 5.69 Å². The fraction of sp³-hybridized carbons (Fsp3) is 0.0833. The van der Waals surface area contributed by atoms with Crippen LogP contribution in [0.3, 0.4) is 0 Å². The summed E-state index contributed by atoms with van der Waals surface area (Å²) in [6, 6.07) is 8.70. The van der Waals surface area contributed by atoms with Gasteiger partial charge < -0.3 is 5.43 Å². The largest absolute Gasteiger partial charge is 0.318 e. The van der Waals surface area contributed by atoms with E-state index >= 15 is 0 Å². The van der Waals surface area contributed by atoms with E-state index in [1.807, 2.05) is 12.1 Å². The first-order valence-electron chi connectivity index (χ1n) is 5.47. The molecule has 7 heteroatoms. The first kappa shape index (κ1) is 13.3. The molecule has 19 heavy (non-hydrogen) atoms. The van der Waals surface area contributed by atoms with E-state index in [4.69, 9.17) is 5.84 Å². The van der Waals surface area contributed by atoms with E-state index < -0.39 is 4.92 Å². The number of nitro groups is 1. The van der Waals surface area contributed by atoms with Crippen molar-refractivity contribution in [3.8, 4) is 0 Å². The van der Waals surface area contributed by atoms with Gasteiger partial charge >= 0.3 is 0 Å². The number of rotatable bonds is 5. The highest BCUT2D eigenvalue weighted by Gasteiger charge is 2.13. The molecule has 3 N–H and O–H groups in total. The molecule has 0 bridgehead atoms. The molecule has 0 aliphatic rings. The quantitative estimate of drug-likeness (QED) is 0.377. The zero-order valence-electron chi connectivity index (χ0n) is 9.95. The van der Waals surface area contributed by atoms with E-state index in [1.54, 1.807) is 36.3 Å². The van der Waals surface area contributed by atoms with Crippen molar-refractivity contribution in [3.63, 3.8) is 0 Å². The van der Waals surface area contributed by atoms with Crippen molar-refractivity contribution in [3.05, 3.63) is 58.4 Å². The molecule has 0 amide bonds. The first-order chi connectivity index (χ1) is 9.20. The molecule has 98 valence electrons. The lowest BCUT2D eigenvalue weighted by Crippen LogP contribution is -2.09. The third-order valence-electron chi connectivity index (χ3n) is 2.47. The van der Waals surface area contributed by atoms with Crippen LogP contribution in [0.25, 0.3) is 0 Å². The molecule has 0 radical (unpaired) electrons. The van der Waals surface area contributed by atoms with Crippen LogP contribution in [0.1, 0.15) is 5.56 Å². The Labute approximate surface area is 114 Å². The average molecular weight is 276 g/mol. The number of aromatic nitrogens is 1. The molecule has 1 heterocycles. The Morgan fingerprint density at radius 1 is 1.32 bits per heavy atom. The Hall–Kier alpha value is -2.12. The fourth-order valence-corrected chi connectivity index (χ4v) is 2.38. The molecular formula is C12H12N4O2S. The number of hydrogen-bond acceptors (Lipinski definition) is 6. The van der Waals surface area contributed by atoms with Gasteiger partial charge in [0.1, 0.15) is 5.69 Å². The molecule has 1 aromatic carbocycles. The van der Waals surface area contributed by atoms with Crippen LogP contribution in [-0.4, -0.2) is 9.91 Å². The predicted octanol–water partition coefficient (Wildman–Crippen LogP) is 2.57. The summed E-state index contributed by atoms with van der Waals surface area (Å²) in [4.78, 5) is 15.3. The molecule has 0 saturated heterocycles. The molecule has 0 saturated carbocycles. The highest BCUT2D eigenvalue weighted by Crippen LogP contribution is 2.28. The van der Waals surface area contributed by atoms with Gasteiger partial charge in [0.15, 0.2) is 0 Å². The van der Waals surface area contributed by atoms with Crippen molar-refractivity contribution in [2.45, 2.75) is 10.6 Å². The number of anilines is 1. The maximum atomic E-state index is 10.8. The third-order valence-corrected chi connectivity index (χ3v) is 3.55. The lowest BCUT2D eigenvalue weighted by Gasteiger charge is -2.06. The van der Waals surface area contributed by atoms with Gasteiger partial charge in [-0.05, 0) is 23.8 Å². The zero-order chi connectivity index (χ0) is 13.7. The topological polar surface area (TPSA) is 94.1 Å². The minimum Gasteiger partial charge on any atom is -0.318 e. The Morgan fingerprint density at radius 3 is 2.68 bits per heavy atom. The van der Waals surface area contributed by atoms with E-state index in [2.05, 4.69) is 10.4 Å². The van der Waals surface area contributed by atoms with Gasteiger partial charge in [0.2, 0.25) is 0 Å². The molecule has 2 aromatic rings. The number of nitrogens with zero attached hydrogens (tertiary/aromatic N) is 2. The average Bonchev–Trinajstić information content (AvgIpc) is 2.45. The van der Waals surface area contributed by atoms with Crippen molar-refractivity contribution in [1.82, 2.24) is 4.98 Å². The minimum atomic E-state index is -0.463. The maximum absolute atomic E-state index is 10.8. The monoisotopic (exact) mass is 276 g/mol. The van der Waals surface area contributed by atoms with Crippen molar-refractivity contribution in [1.29, 1.82) is 0 Å². The van der Waals surface area contributed by atoms with Crippen LogP contribution in [0.4, 0.5) is 11.4 Å². The molecule has 1 aromatic heterocycles. The summed E-state index contributed by atoms with van der Waals surface area (Å²) in [7, 11) is 0. The van der Waals surface area contributed by atoms with Gasteiger partial charge in [0.05, 0.1) is 4.92 Å². The van der Waals surface area contributed by atoms with Crippen LogP contribution < -0.4 is 11.3 Å². The van der Waals surface area contributed by atoms with Gasteiger partial charge in [-0.1, -0.05) is 6.07 Å². The van der Waals surface area contributed by atoms with Gasteiger partial charge in [-0.25, -0.2) is 0 Å². The van der Waals surface area contributed by atoms with Crippen LogP contribution in [0.15, 0.2) is 47.6 Å². The summed E-state index contributed by atoms with van der Waals surface area (Å²) in [5.41, 5.74) is 3.60. The number of nitrogens with two attached hydrogens (primary N) is 1. The number of hydrogen-bond donors (Lipinski definition) is 2. The smallest absolute Gasteiger partial charge is 0.293 e. The molecule has 0 fully saturated rings. The van der Waals surface area contributed by atoms with Crippen molar-refractivity contribution >= 4 is 23.1 Å². The van der Waals surface area contributed by atoms with Crippen molar-refractivity contribution in [2.75, 3.05) is 5.43 Å². The predicted molar refractivity (Wildman–Crippen MR) is 74.7 cm³/mol. The Morgan fingerprint density at radius 2 is 2.05 bits per heavy atom. The molecule has 0 aliphatic carbocycles. The van der Waals surface area contributed by atoms with Crippen LogP contribution in [0.5, 0.6) is 0 Å². The minimum absolute atomic E-state index is 0.0276. The Bertz CT molecular complexity index is 577. The zero-order valence-corrected chi connectivity index (χ0v) is 10.8. The standard InChI is InChI=1S/C12H12N4O2S/c13-15-11-7-9(1-2-12(11)16(17)18)8-19-10-3-5-14-6-4-10/h1-7,15H,8,13H2. The summed E-state index contributed by atoms with van der Waals surface area (Å²) in [5.74, 6) is 6.00. The summed E-state index contributed by atoms with van der Waals surface area (Å²) in [6.45, 7) is 0. The number of hydrazine groups is 1. The number of benzene rings is 1. The highest BCUT2D eigenvalue weighted by molar-refractivity contribution is 7.98. The van der Waals surface area contributed by atoms with Crippen LogP contribution in [0.2, 0.25) is 0 Å². The number of thioether (sulfide) groups is 1. The molecule has 0 atom stereocenters. The second-order valence-corrected chi connectivity index (χ2v) is 4.77. The molecule has 0 aliphatic heterocycles. The van der Waals surface area contributed by atoms with Gasteiger partial charge in [-0.2, -0.15) is 0 Å². The van der Waals surface area contributed by atoms with Gasteiger partial charge in [-0.15, -0.1) is 11.8 Å². The van der Waals surface area contributed by atoms with Crippen molar-refractivity contribution in [2.24, 2.45) is 5.84 Å². The number of nitrogens with one attached hydrogen (secondary N) is 1. The molecule has 2 rings (SSSR count). The summed E-state index contributed by atoms with van der Waals surface area (Å²) in [6.07, 6.45) is 3.45. The molecule has 0 spiro atoms.